The van der Waals surface area contributed by atoms with E-state index in [1.54, 1.807) is 13.8 Å². The normalized spacial score (nSPS) is 11.1. The van der Waals surface area contributed by atoms with E-state index < -0.39 is 28.5 Å². The van der Waals surface area contributed by atoms with Crippen LogP contribution in [0.25, 0.3) is 0 Å². The minimum Gasteiger partial charge on any atom is -0.452 e. The number of ether oxygens (including phenoxy) is 1. The fraction of sp³-hybridized carbons (Fsp3) is 0.188. The van der Waals surface area contributed by atoms with E-state index in [4.69, 9.17) is 33.1 Å². The first-order valence-corrected chi connectivity index (χ1v) is 9.72. The molecule has 1 amide bonds. The van der Waals surface area contributed by atoms with Gasteiger partial charge in [0.1, 0.15) is 0 Å². The predicted octanol–water partition coefficient (Wildman–Crippen LogP) is 2.45. The number of benzene rings is 1. The van der Waals surface area contributed by atoms with Crippen LogP contribution in [0.2, 0.25) is 10.0 Å². The summed E-state index contributed by atoms with van der Waals surface area (Å²) in [7, 11) is -3.98. The second kappa shape index (κ2) is 8.22. The lowest BCUT2D eigenvalue weighted by Gasteiger charge is -2.10. The van der Waals surface area contributed by atoms with Crippen LogP contribution in [-0.4, -0.2) is 31.9 Å². The number of pyridine rings is 1. The van der Waals surface area contributed by atoms with Crippen LogP contribution in [0.3, 0.4) is 0 Å². The number of carbonyl (C=O) groups is 2. The predicted molar refractivity (Wildman–Crippen MR) is 100 cm³/mol. The van der Waals surface area contributed by atoms with Gasteiger partial charge in [-0.05, 0) is 37.6 Å². The molecule has 0 unspecified atom stereocenters. The van der Waals surface area contributed by atoms with Crippen molar-refractivity contribution in [3.8, 4) is 0 Å². The summed E-state index contributed by atoms with van der Waals surface area (Å²) < 4.78 is 27.7. The van der Waals surface area contributed by atoms with Crippen molar-refractivity contribution < 1.29 is 22.7 Å². The number of sulfonamides is 1. The van der Waals surface area contributed by atoms with E-state index in [9.17, 15) is 18.0 Å². The molecule has 0 bridgehead atoms. The van der Waals surface area contributed by atoms with Crippen LogP contribution in [0.1, 0.15) is 21.6 Å². The number of aromatic nitrogens is 1. The van der Waals surface area contributed by atoms with Crippen LogP contribution >= 0.6 is 23.2 Å². The second-order valence-corrected chi connectivity index (χ2v) is 7.91. The number of nitrogens with zero attached hydrogens (tertiary/aromatic N) is 1. The zero-order chi connectivity index (χ0) is 20.4. The summed E-state index contributed by atoms with van der Waals surface area (Å²) in [6.45, 7) is 2.59. The Balaban J connectivity index is 2.08. The van der Waals surface area contributed by atoms with Gasteiger partial charge in [0.05, 0.1) is 26.2 Å². The molecule has 0 fully saturated rings. The maximum absolute atomic E-state index is 12.2. The van der Waals surface area contributed by atoms with Crippen LogP contribution in [0.15, 0.2) is 29.2 Å². The number of hydrogen-bond acceptors (Lipinski definition) is 6. The molecule has 0 saturated carbocycles. The number of rotatable bonds is 5. The van der Waals surface area contributed by atoms with Crippen molar-refractivity contribution in [3.05, 3.63) is 51.1 Å². The van der Waals surface area contributed by atoms with Crippen LogP contribution in [0.5, 0.6) is 0 Å². The molecule has 8 nitrogen and oxygen atoms in total. The third-order valence-electron chi connectivity index (χ3n) is 3.45. The molecule has 0 spiro atoms. The maximum Gasteiger partial charge on any atom is 0.338 e. The van der Waals surface area contributed by atoms with E-state index in [0.29, 0.717) is 16.3 Å². The SMILES string of the molecule is Cc1ccc(S(N)(=O)=O)cc1C(=O)OCC(=O)Nc1nc(C)c(Cl)cc1Cl. The Hall–Kier alpha value is -2.20. The summed E-state index contributed by atoms with van der Waals surface area (Å²) >= 11 is 11.8. The van der Waals surface area contributed by atoms with E-state index in [2.05, 4.69) is 10.3 Å². The summed E-state index contributed by atoms with van der Waals surface area (Å²) in [6, 6.07) is 5.20. The minimum absolute atomic E-state index is 0.0205. The van der Waals surface area contributed by atoms with Crippen molar-refractivity contribution in [1.29, 1.82) is 0 Å². The van der Waals surface area contributed by atoms with Crippen molar-refractivity contribution in [1.82, 2.24) is 4.98 Å². The molecule has 0 saturated heterocycles. The quantitative estimate of drug-likeness (QED) is 0.699. The van der Waals surface area contributed by atoms with Gasteiger partial charge >= 0.3 is 5.97 Å². The smallest absolute Gasteiger partial charge is 0.338 e. The highest BCUT2D eigenvalue weighted by Crippen LogP contribution is 2.25. The van der Waals surface area contributed by atoms with Crippen molar-refractivity contribution in [3.63, 3.8) is 0 Å². The van der Waals surface area contributed by atoms with Gasteiger partial charge in [0, 0.05) is 0 Å². The maximum atomic E-state index is 12.2. The number of amides is 1. The fourth-order valence-corrected chi connectivity index (χ4v) is 2.97. The third kappa shape index (κ3) is 5.39. The molecule has 2 rings (SSSR count). The number of nitrogens with one attached hydrogen (secondary N) is 1. The van der Waals surface area contributed by atoms with E-state index in [1.807, 2.05) is 0 Å². The summed E-state index contributed by atoms with van der Waals surface area (Å²) in [5.74, 6) is -1.48. The molecule has 11 heteroatoms. The Morgan fingerprint density at radius 3 is 2.48 bits per heavy atom. The van der Waals surface area contributed by atoms with Crippen molar-refractivity contribution in [2.45, 2.75) is 18.7 Å². The monoisotopic (exact) mass is 431 g/mol. The van der Waals surface area contributed by atoms with Gasteiger partial charge in [-0.2, -0.15) is 0 Å². The average molecular weight is 432 g/mol. The van der Waals surface area contributed by atoms with Gasteiger partial charge in [-0.1, -0.05) is 29.3 Å². The Bertz CT molecular complexity index is 1020. The van der Waals surface area contributed by atoms with E-state index in [-0.39, 0.29) is 21.3 Å². The molecule has 27 heavy (non-hydrogen) atoms. The number of hydrogen-bond donors (Lipinski definition) is 2. The molecule has 3 N–H and O–H groups in total. The number of halogens is 2. The Kier molecular flexibility index (Phi) is 6.42. The minimum atomic E-state index is -3.98. The van der Waals surface area contributed by atoms with Crippen LogP contribution in [-0.2, 0) is 19.6 Å². The largest absolute Gasteiger partial charge is 0.452 e. The molecule has 1 aromatic carbocycles. The number of carbonyl (C=O) groups excluding carboxylic acids is 2. The lowest BCUT2D eigenvalue weighted by atomic mass is 10.1. The summed E-state index contributed by atoms with van der Waals surface area (Å²) in [5, 5.41) is 7.92. The van der Waals surface area contributed by atoms with Gasteiger partial charge in [0.2, 0.25) is 10.0 Å². The first kappa shape index (κ1) is 21.1. The number of primary sulfonamides is 1. The first-order chi connectivity index (χ1) is 12.5. The highest BCUT2D eigenvalue weighted by molar-refractivity contribution is 7.89. The second-order valence-electron chi connectivity index (χ2n) is 5.53. The Morgan fingerprint density at radius 2 is 1.85 bits per heavy atom. The summed E-state index contributed by atoms with van der Waals surface area (Å²) in [6.07, 6.45) is 0. The van der Waals surface area contributed by atoms with Crippen molar-refractivity contribution >= 4 is 50.9 Å². The van der Waals surface area contributed by atoms with Gasteiger partial charge in [-0.25, -0.2) is 23.3 Å². The molecule has 144 valence electrons. The molecule has 1 heterocycles. The number of esters is 1. The molecular formula is C16H15Cl2N3O5S. The zero-order valence-electron chi connectivity index (χ0n) is 14.2. The number of anilines is 1. The van der Waals surface area contributed by atoms with E-state index in [0.717, 1.165) is 6.07 Å². The summed E-state index contributed by atoms with van der Waals surface area (Å²) in [4.78, 5) is 27.9. The van der Waals surface area contributed by atoms with Gasteiger partial charge in [-0.3, -0.25) is 4.79 Å². The lowest BCUT2D eigenvalue weighted by Crippen LogP contribution is -2.22. The molecule has 0 atom stereocenters. The molecule has 0 aliphatic rings. The third-order valence-corrected chi connectivity index (χ3v) is 5.04. The van der Waals surface area contributed by atoms with Crippen molar-refractivity contribution in [2.24, 2.45) is 5.14 Å². The van der Waals surface area contributed by atoms with Crippen LogP contribution < -0.4 is 10.5 Å². The highest BCUT2D eigenvalue weighted by atomic mass is 35.5. The van der Waals surface area contributed by atoms with Gasteiger partial charge in [0.15, 0.2) is 12.4 Å². The Morgan fingerprint density at radius 1 is 1.19 bits per heavy atom. The zero-order valence-corrected chi connectivity index (χ0v) is 16.6. The molecule has 2 aromatic rings. The summed E-state index contributed by atoms with van der Waals surface area (Å²) in [5.41, 5.74) is 0.905. The topological polar surface area (TPSA) is 128 Å². The molecular weight excluding hydrogens is 417 g/mol. The van der Waals surface area contributed by atoms with E-state index in [1.165, 1.54) is 18.2 Å². The standard InChI is InChI=1S/C16H15Cl2N3O5S/c1-8-3-4-10(27(19,24)25)5-11(8)16(23)26-7-14(22)21-15-13(18)6-12(17)9(2)20-15/h3-6H,7H2,1-2H3,(H2,19,24,25)(H,20,21,22). The fourth-order valence-electron chi connectivity index (χ4n) is 2.02. The van der Waals surface area contributed by atoms with E-state index >= 15 is 0 Å². The van der Waals surface area contributed by atoms with Crippen LogP contribution in [0.4, 0.5) is 5.82 Å². The number of nitrogens with two attached hydrogens (primary N) is 1. The number of aryl methyl sites for hydroxylation is 2. The van der Waals surface area contributed by atoms with Gasteiger partial charge < -0.3 is 10.1 Å². The van der Waals surface area contributed by atoms with Gasteiger partial charge in [-0.15, -0.1) is 0 Å². The Labute approximate surface area is 165 Å². The average Bonchev–Trinajstić information content (AvgIpc) is 2.57. The molecule has 0 radical (unpaired) electrons. The lowest BCUT2D eigenvalue weighted by molar-refractivity contribution is -0.119. The van der Waals surface area contributed by atoms with Crippen molar-refractivity contribution in [2.75, 3.05) is 11.9 Å². The first-order valence-electron chi connectivity index (χ1n) is 7.42. The van der Waals surface area contributed by atoms with Gasteiger partial charge in [0.25, 0.3) is 5.91 Å². The highest BCUT2D eigenvalue weighted by Gasteiger charge is 2.18. The molecule has 0 aliphatic heterocycles. The molecule has 1 aromatic heterocycles. The van der Waals surface area contributed by atoms with Crippen LogP contribution in [0, 0.1) is 13.8 Å². The molecule has 0 aliphatic carbocycles.